The summed E-state index contributed by atoms with van der Waals surface area (Å²) >= 11 is 0. The number of rotatable bonds is 5. The molecule has 0 aromatic heterocycles. The molecule has 0 bridgehead atoms. The lowest BCUT2D eigenvalue weighted by Crippen LogP contribution is -2.49. The molecule has 1 aromatic carbocycles. The van der Waals surface area contributed by atoms with Gasteiger partial charge in [0.05, 0.1) is 6.10 Å². The molecular weight excluding hydrogens is 248 g/mol. The first kappa shape index (κ1) is 16.8. The van der Waals surface area contributed by atoms with Crippen molar-refractivity contribution < 1.29 is 9.47 Å². The topological polar surface area (TPSA) is 18.5 Å². The molecule has 0 aliphatic carbocycles. The summed E-state index contributed by atoms with van der Waals surface area (Å²) in [6.07, 6.45) is 0.105. The van der Waals surface area contributed by atoms with Crippen LogP contribution in [0.3, 0.4) is 0 Å². The maximum Gasteiger partial charge on any atom is 0.212 e. The minimum absolute atomic E-state index is 0.105. The Balaban J connectivity index is 2.98. The van der Waals surface area contributed by atoms with Crippen molar-refractivity contribution in [1.82, 2.24) is 0 Å². The second kappa shape index (κ2) is 6.01. The van der Waals surface area contributed by atoms with Crippen LogP contribution in [0.15, 0.2) is 30.8 Å². The first-order valence-electron chi connectivity index (χ1n) is 7.18. The third kappa shape index (κ3) is 4.11. The van der Waals surface area contributed by atoms with Crippen molar-refractivity contribution in [2.75, 3.05) is 0 Å². The normalized spacial score (nSPS) is 15.0. The molecule has 2 nitrogen and oxygen atoms in total. The lowest BCUT2D eigenvalue weighted by Gasteiger charge is -2.42. The molecule has 0 saturated heterocycles. The van der Waals surface area contributed by atoms with Crippen molar-refractivity contribution in [3.8, 4) is 5.75 Å². The van der Waals surface area contributed by atoms with Crippen molar-refractivity contribution in [1.29, 1.82) is 0 Å². The average Bonchev–Trinajstić information content (AvgIpc) is 2.26. The van der Waals surface area contributed by atoms with E-state index in [0.717, 1.165) is 16.9 Å². The molecule has 1 rings (SSSR count). The number of hydrogen-bond donors (Lipinski definition) is 0. The van der Waals surface area contributed by atoms with Crippen molar-refractivity contribution in [3.63, 3.8) is 0 Å². The molecule has 0 aliphatic rings. The van der Waals surface area contributed by atoms with Gasteiger partial charge in [0.2, 0.25) is 5.79 Å². The van der Waals surface area contributed by atoms with Gasteiger partial charge in [0.1, 0.15) is 5.75 Å². The predicted octanol–water partition coefficient (Wildman–Crippen LogP) is 5.29. The van der Waals surface area contributed by atoms with E-state index in [9.17, 15) is 0 Å². The van der Waals surface area contributed by atoms with Crippen LogP contribution in [0.1, 0.15) is 54.0 Å². The van der Waals surface area contributed by atoms with Gasteiger partial charge in [-0.25, -0.2) is 0 Å². The van der Waals surface area contributed by atoms with E-state index in [2.05, 4.69) is 27.4 Å². The molecule has 0 aliphatic heterocycles. The molecule has 0 fully saturated rings. The second-order valence-electron chi connectivity index (χ2n) is 6.77. The zero-order valence-electron chi connectivity index (χ0n) is 13.9. The molecule has 1 unspecified atom stereocenters. The van der Waals surface area contributed by atoms with E-state index < -0.39 is 5.79 Å². The zero-order valence-corrected chi connectivity index (χ0v) is 13.9. The maximum atomic E-state index is 6.16. The Labute approximate surface area is 123 Å². The summed E-state index contributed by atoms with van der Waals surface area (Å²) in [5, 5.41) is 0. The Kier molecular flexibility index (Phi) is 5.04. The van der Waals surface area contributed by atoms with Crippen LogP contribution in [-0.2, 0) is 4.74 Å². The highest BCUT2D eigenvalue weighted by Crippen LogP contribution is 2.36. The molecule has 0 spiro atoms. The molecule has 0 heterocycles. The SMILES string of the molecule is C=C(C)c1ccc(OC(C)(OC(C)C)C(C)(C)C)cc1. The number of benzene rings is 1. The summed E-state index contributed by atoms with van der Waals surface area (Å²) in [6, 6.07) is 7.99. The first-order valence-corrected chi connectivity index (χ1v) is 7.18. The minimum atomic E-state index is -0.675. The van der Waals surface area contributed by atoms with Crippen LogP contribution >= 0.6 is 0 Å². The smallest absolute Gasteiger partial charge is 0.212 e. The molecule has 20 heavy (non-hydrogen) atoms. The lowest BCUT2D eigenvalue weighted by atomic mass is 9.86. The van der Waals surface area contributed by atoms with E-state index >= 15 is 0 Å². The Morgan fingerprint density at radius 1 is 1.05 bits per heavy atom. The van der Waals surface area contributed by atoms with Crippen molar-refractivity contribution in [2.45, 2.75) is 60.4 Å². The van der Waals surface area contributed by atoms with Crippen LogP contribution in [0.2, 0.25) is 0 Å². The molecule has 1 atom stereocenters. The van der Waals surface area contributed by atoms with Gasteiger partial charge in [-0.15, -0.1) is 0 Å². The Morgan fingerprint density at radius 3 is 1.90 bits per heavy atom. The first-order chi connectivity index (χ1) is 9.05. The summed E-state index contributed by atoms with van der Waals surface area (Å²) in [5.41, 5.74) is 2.04. The van der Waals surface area contributed by atoms with Gasteiger partial charge >= 0.3 is 0 Å². The fraction of sp³-hybridized carbons (Fsp3) is 0.556. The average molecular weight is 276 g/mol. The quantitative estimate of drug-likeness (QED) is 0.681. The maximum absolute atomic E-state index is 6.16. The molecule has 0 saturated carbocycles. The fourth-order valence-corrected chi connectivity index (χ4v) is 1.84. The third-order valence-electron chi connectivity index (χ3n) is 3.48. The highest BCUT2D eigenvalue weighted by atomic mass is 16.7. The van der Waals surface area contributed by atoms with Crippen molar-refractivity contribution >= 4 is 5.57 Å². The van der Waals surface area contributed by atoms with Gasteiger partial charge in [0.25, 0.3) is 0 Å². The Bertz CT molecular complexity index is 451. The van der Waals surface area contributed by atoms with Crippen LogP contribution in [0.25, 0.3) is 5.57 Å². The van der Waals surface area contributed by atoms with Gasteiger partial charge in [-0.05, 0) is 38.5 Å². The molecule has 0 radical (unpaired) electrons. The number of hydrogen-bond acceptors (Lipinski definition) is 2. The standard InChI is InChI=1S/C18H28O2/c1-13(2)15-9-11-16(12-10-15)20-18(8,17(5,6)7)19-14(3)4/h9-12,14H,1H2,2-8H3. The number of ether oxygens (including phenoxy) is 2. The third-order valence-corrected chi connectivity index (χ3v) is 3.48. The van der Waals surface area contributed by atoms with Gasteiger partial charge in [0.15, 0.2) is 0 Å². The van der Waals surface area contributed by atoms with Gasteiger partial charge in [0, 0.05) is 12.3 Å². The van der Waals surface area contributed by atoms with E-state index in [1.165, 1.54) is 0 Å². The van der Waals surface area contributed by atoms with Crippen LogP contribution < -0.4 is 4.74 Å². The summed E-state index contributed by atoms with van der Waals surface area (Å²) < 4.78 is 12.2. The lowest BCUT2D eigenvalue weighted by molar-refractivity contribution is -0.247. The summed E-state index contributed by atoms with van der Waals surface area (Å²) in [4.78, 5) is 0. The van der Waals surface area contributed by atoms with Gasteiger partial charge in [-0.2, -0.15) is 0 Å². The van der Waals surface area contributed by atoms with Gasteiger partial charge in [-0.1, -0.05) is 45.1 Å². The van der Waals surface area contributed by atoms with Gasteiger partial charge in [-0.3, -0.25) is 0 Å². The van der Waals surface area contributed by atoms with E-state index in [1.807, 2.05) is 52.0 Å². The summed E-state index contributed by atoms with van der Waals surface area (Å²) in [5.74, 6) is 0.138. The largest absolute Gasteiger partial charge is 0.462 e. The monoisotopic (exact) mass is 276 g/mol. The highest BCUT2D eigenvalue weighted by Gasteiger charge is 2.42. The van der Waals surface area contributed by atoms with Crippen LogP contribution in [-0.4, -0.2) is 11.9 Å². The minimum Gasteiger partial charge on any atom is -0.462 e. The summed E-state index contributed by atoms with van der Waals surface area (Å²) in [6.45, 7) is 18.4. The predicted molar refractivity (Wildman–Crippen MR) is 85.9 cm³/mol. The number of allylic oxidation sites excluding steroid dienone is 1. The highest BCUT2D eigenvalue weighted by molar-refractivity contribution is 5.61. The molecule has 2 heteroatoms. The van der Waals surface area contributed by atoms with E-state index in [0.29, 0.717) is 0 Å². The Morgan fingerprint density at radius 2 is 1.55 bits per heavy atom. The molecule has 0 amide bonds. The molecule has 0 N–H and O–H groups in total. The van der Waals surface area contributed by atoms with Crippen LogP contribution in [0, 0.1) is 5.41 Å². The fourth-order valence-electron chi connectivity index (χ4n) is 1.84. The van der Waals surface area contributed by atoms with Crippen molar-refractivity contribution in [2.24, 2.45) is 5.41 Å². The second-order valence-corrected chi connectivity index (χ2v) is 6.77. The van der Waals surface area contributed by atoms with Crippen LogP contribution in [0.5, 0.6) is 5.75 Å². The molecule has 112 valence electrons. The Hall–Kier alpha value is -1.28. The zero-order chi connectivity index (χ0) is 15.6. The van der Waals surface area contributed by atoms with E-state index in [4.69, 9.17) is 9.47 Å². The summed E-state index contributed by atoms with van der Waals surface area (Å²) in [7, 11) is 0. The van der Waals surface area contributed by atoms with E-state index in [-0.39, 0.29) is 11.5 Å². The van der Waals surface area contributed by atoms with Gasteiger partial charge < -0.3 is 9.47 Å². The van der Waals surface area contributed by atoms with Crippen LogP contribution in [0.4, 0.5) is 0 Å². The van der Waals surface area contributed by atoms with Crippen molar-refractivity contribution in [3.05, 3.63) is 36.4 Å². The molecular formula is C18H28O2. The molecule has 1 aromatic rings. The van der Waals surface area contributed by atoms with E-state index in [1.54, 1.807) is 0 Å².